The molecule has 0 aromatic heterocycles. The topological polar surface area (TPSA) is 58.6 Å². The number of benzene rings is 1. The third kappa shape index (κ3) is 6.20. The largest absolute Gasteiger partial charge is 0.376 e. The van der Waals surface area contributed by atoms with E-state index in [1.54, 1.807) is 4.90 Å². The summed E-state index contributed by atoms with van der Waals surface area (Å²) < 4.78 is 5.53. The van der Waals surface area contributed by atoms with Crippen molar-refractivity contribution in [3.63, 3.8) is 0 Å². The minimum atomic E-state index is -0.146. The van der Waals surface area contributed by atoms with Crippen LogP contribution in [0.1, 0.15) is 25.3 Å². The average molecular weight is 339 g/mol. The van der Waals surface area contributed by atoms with Crippen molar-refractivity contribution in [1.29, 1.82) is 0 Å². The van der Waals surface area contributed by atoms with Gasteiger partial charge in [0.05, 0.1) is 12.6 Å². The van der Waals surface area contributed by atoms with Crippen LogP contribution in [0.25, 0.3) is 0 Å². The zero-order valence-electron chi connectivity index (χ0n) is 13.4. The molecule has 0 saturated carbocycles. The van der Waals surface area contributed by atoms with Crippen molar-refractivity contribution in [3.8, 4) is 0 Å². The highest BCUT2D eigenvalue weighted by Crippen LogP contribution is 2.13. The van der Waals surface area contributed by atoms with E-state index in [4.69, 9.17) is 16.3 Å². The molecular weight excluding hydrogens is 316 g/mol. The molecule has 1 heterocycles. The maximum Gasteiger partial charge on any atom is 0.239 e. The number of hydrogen-bond donors (Lipinski definition) is 1. The van der Waals surface area contributed by atoms with Crippen LogP contribution < -0.4 is 5.32 Å². The second-order valence-electron chi connectivity index (χ2n) is 5.76. The van der Waals surface area contributed by atoms with E-state index in [0.29, 0.717) is 18.1 Å². The number of halogens is 1. The summed E-state index contributed by atoms with van der Waals surface area (Å²) >= 11 is 5.84. The van der Waals surface area contributed by atoms with Gasteiger partial charge >= 0.3 is 0 Å². The van der Waals surface area contributed by atoms with Crippen LogP contribution in [0.2, 0.25) is 5.02 Å². The van der Waals surface area contributed by atoms with E-state index < -0.39 is 0 Å². The molecule has 0 spiro atoms. The van der Waals surface area contributed by atoms with Crippen LogP contribution >= 0.6 is 11.6 Å². The maximum atomic E-state index is 12.0. The number of amides is 2. The van der Waals surface area contributed by atoms with Crippen molar-refractivity contribution in [1.82, 2.24) is 10.2 Å². The lowest BCUT2D eigenvalue weighted by Crippen LogP contribution is -2.43. The molecular formula is C17H23ClN2O3. The molecule has 6 heteroatoms. The van der Waals surface area contributed by atoms with E-state index in [1.807, 2.05) is 24.3 Å². The van der Waals surface area contributed by atoms with Crippen molar-refractivity contribution in [2.24, 2.45) is 0 Å². The minimum Gasteiger partial charge on any atom is -0.376 e. The molecule has 5 nitrogen and oxygen atoms in total. The molecule has 1 aliphatic rings. The van der Waals surface area contributed by atoms with Gasteiger partial charge in [-0.05, 0) is 37.0 Å². The van der Waals surface area contributed by atoms with Crippen LogP contribution in [-0.2, 0) is 20.7 Å². The van der Waals surface area contributed by atoms with Crippen molar-refractivity contribution in [2.45, 2.75) is 32.3 Å². The molecule has 1 aromatic rings. The lowest BCUT2D eigenvalue weighted by molar-refractivity contribution is -0.135. The van der Waals surface area contributed by atoms with E-state index in [2.05, 4.69) is 5.32 Å². The molecule has 1 fully saturated rings. The van der Waals surface area contributed by atoms with E-state index in [1.165, 1.54) is 6.92 Å². The number of carbonyl (C=O) groups excluding carboxylic acids is 2. The number of ether oxygens (including phenoxy) is 1. The van der Waals surface area contributed by atoms with Crippen LogP contribution in [0.15, 0.2) is 24.3 Å². The third-order valence-electron chi connectivity index (χ3n) is 3.88. The molecule has 0 bridgehead atoms. The van der Waals surface area contributed by atoms with Gasteiger partial charge in [-0.25, -0.2) is 0 Å². The number of nitrogens with one attached hydrogen (secondary N) is 1. The summed E-state index contributed by atoms with van der Waals surface area (Å²) in [6.45, 7) is 3.32. The molecule has 23 heavy (non-hydrogen) atoms. The molecule has 1 atom stereocenters. The SMILES string of the molecule is CC(=O)N(CC(=O)NCCc1ccc(Cl)cc1)CC1CCCO1. The summed E-state index contributed by atoms with van der Waals surface area (Å²) in [7, 11) is 0. The molecule has 1 aromatic carbocycles. The predicted octanol–water partition coefficient (Wildman–Crippen LogP) is 2.03. The second kappa shape index (κ2) is 8.89. The Morgan fingerprint density at radius 3 is 2.70 bits per heavy atom. The minimum absolute atomic E-state index is 0.0563. The first kappa shape index (κ1) is 17.8. The summed E-state index contributed by atoms with van der Waals surface area (Å²) in [5.74, 6) is -0.250. The van der Waals surface area contributed by atoms with Crippen LogP contribution in [0.4, 0.5) is 0 Å². The van der Waals surface area contributed by atoms with Gasteiger partial charge in [0.15, 0.2) is 0 Å². The van der Waals surface area contributed by atoms with Crippen LogP contribution in [0.3, 0.4) is 0 Å². The van der Waals surface area contributed by atoms with Gasteiger partial charge in [-0.15, -0.1) is 0 Å². The average Bonchev–Trinajstić information content (AvgIpc) is 3.01. The third-order valence-corrected chi connectivity index (χ3v) is 4.13. The van der Waals surface area contributed by atoms with Gasteiger partial charge in [-0.2, -0.15) is 0 Å². The summed E-state index contributed by atoms with van der Waals surface area (Å²) in [6.07, 6.45) is 2.75. The lowest BCUT2D eigenvalue weighted by Gasteiger charge is -2.23. The number of carbonyl (C=O) groups is 2. The van der Waals surface area contributed by atoms with Gasteiger partial charge < -0.3 is 15.0 Å². The monoisotopic (exact) mass is 338 g/mol. The molecule has 1 aliphatic heterocycles. The highest BCUT2D eigenvalue weighted by Gasteiger charge is 2.22. The van der Waals surface area contributed by atoms with Gasteiger partial charge in [0.1, 0.15) is 0 Å². The standard InChI is InChI=1S/C17H23ClN2O3/c1-13(21)20(11-16-3-2-10-23-16)12-17(22)19-9-8-14-4-6-15(18)7-5-14/h4-7,16H,2-3,8-12H2,1H3,(H,19,22). The molecule has 1 N–H and O–H groups in total. The smallest absolute Gasteiger partial charge is 0.239 e. The normalized spacial score (nSPS) is 17.0. The fourth-order valence-corrected chi connectivity index (χ4v) is 2.69. The molecule has 126 valence electrons. The van der Waals surface area contributed by atoms with Gasteiger partial charge in [0.25, 0.3) is 0 Å². The summed E-state index contributed by atoms with van der Waals surface area (Å²) in [4.78, 5) is 25.2. The Kier molecular flexibility index (Phi) is 6.86. The van der Waals surface area contributed by atoms with Crippen LogP contribution in [-0.4, -0.2) is 49.1 Å². The quantitative estimate of drug-likeness (QED) is 0.827. The molecule has 1 saturated heterocycles. The van der Waals surface area contributed by atoms with Gasteiger partial charge in [-0.3, -0.25) is 9.59 Å². The van der Waals surface area contributed by atoms with Crippen molar-refractivity contribution in [3.05, 3.63) is 34.9 Å². The fourth-order valence-electron chi connectivity index (χ4n) is 2.57. The highest BCUT2D eigenvalue weighted by atomic mass is 35.5. The van der Waals surface area contributed by atoms with Gasteiger partial charge in [-0.1, -0.05) is 23.7 Å². The maximum absolute atomic E-state index is 12.0. The molecule has 1 unspecified atom stereocenters. The molecule has 2 rings (SSSR count). The molecule has 0 aliphatic carbocycles. The molecule has 0 radical (unpaired) electrons. The Morgan fingerprint density at radius 1 is 1.35 bits per heavy atom. The van der Waals surface area contributed by atoms with Gasteiger partial charge in [0, 0.05) is 31.6 Å². The lowest BCUT2D eigenvalue weighted by atomic mass is 10.1. The summed E-state index contributed by atoms with van der Waals surface area (Å²) in [5.41, 5.74) is 1.11. The first-order valence-electron chi connectivity index (χ1n) is 7.93. The first-order valence-corrected chi connectivity index (χ1v) is 8.30. The zero-order chi connectivity index (χ0) is 16.7. The summed E-state index contributed by atoms with van der Waals surface area (Å²) in [6, 6.07) is 7.54. The Hall–Kier alpha value is -1.59. The van der Waals surface area contributed by atoms with E-state index >= 15 is 0 Å². The van der Waals surface area contributed by atoms with E-state index in [9.17, 15) is 9.59 Å². The number of hydrogen-bond acceptors (Lipinski definition) is 3. The Morgan fingerprint density at radius 2 is 2.09 bits per heavy atom. The van der Waals surface area contributed by atoms with Crippen LogP contribution in [0, 0.1) is 0 Å². The fraction of sp³-hybridized carbons (Fsp3) is 0.529. The Labute approximate surface area is 141 Å². The van der Waals surface area contributed by atoms with Crippen molar-refractivity contribution < 1.29 is 14.3 Å². The zero-order valence-corrected chi connectivity index (χ0v) is 14.1. The van der Waals surface area contributed by atoms with Gasteiger partial charge in [0.2, 0.25) is 11.8 Å². The summed E-state index contributed by atoms with van der Waals surface area (Å²) in [5, 5.41) is 3.55. The first-order chi connectivity index (χ1) is 11.0. The Balaban J connectivity index is 1.72. The van der Waals surface area contributed by atoms with E-state index in [-0.39, 0.29) is 24.5 Å². The van der Waals surface area contributed by atoms with Crippen molar-refractivity contribution in [2.75, 3.05) is 26.2 Å². The number of nitrogens with zero attached hydrogens (tertiary/aromatic N) is 1. The predicted molar refractivity (Wildman–Crippen MR) is 89.4 cm³/mol. The van der Waals surface area contributed by atoms with E-state index in [0.717, 1.165) is 31.4 Å². The Bertz CT molecular complexity index is 527. The van der Waals surface area contributed by atoms with Crippen molar-refractivity contribution >= 4 is 23.4 Å². The second-order valence-corrected chi connectivity index (χ2v) is 6.20. The highest BCUT2D eigenvalue weighted by molar-refractivity contribution is 6.30. The number of rotatable bonds is 7. The van der Waals surface area contributed by atoms with Crippen LogP contribution in [0.5, 0.6) is 0 Å². The molecule has 2 amide bonds.